The molecule has 114 valence electrons. The number of rotatable bonds is 4. The molecule has 0 spiro atoms. The monoisotopic (exact) mass is 313 g/mol. The third-order valence-electron chi connectivity index (χ3n) is 2.90. The summed E-state index contributed by atoms with van der Waals surface area (Å²) < 4.78 is 25.4. The number of aryl methyl sites for hydroxylation is 2. The number of hydrogen-bond acceptors (Lipinski definition) is 5. The second-order valence-corrected chi connectivity index (χ2v) is 6.05. The maximum atomic E-state index is 11.8. The SMILES string of the molecule is CCn1nc(C)cc1Cn1cc(S(N)(=O)=O)c(=O)[nH]c1=O. The topological polar surface area (TPSA) is 133 Å². The molecule has 0 aliphatic carbocycles. The Labute approximate surface area is 120 Å². The molecule has 0 fully saturated rings. The number of nitrogens with two attached hydrogens (primary N) is 1. The van der Waals surface area contributed by atoms with Crippen LogP contribution < -0.4 is 16.4 Å². The van der Waals surface area contributed by atoms with Crippen LogP contribution in [0.4, 0.5) is 0 Å². The number of sulfonamides is 1. The molecule has 2 aromatic heterocycles. The van der Waals surface area contributed by atoms with E-state index in [1.54, 1.807) is 17.7 Å². The van der Waals surface area contributed by atoms with Crippen molar-refractivity contribution in [1.82, 2.24) is 19.3 Å². The van der Waals surface area contributed by atoms with E-state index in [4.69, 9.17) is 5.14 Å². The van der Waals surface area contributed by atoms with Crippen molar-refractivity contribution >= 4 is 10.0 Å². The van der Waals surface area contributed by atoms with E-state index in [0.717, 1.165) is 16.5 Å². The molecule has 0 radical (unpaired) electrons. The minimum Gasteiger partial charge on any atom is -0.293 e. The molecule has 0 saturated carbocycles. The zero-order valence-electron chi connectivity index (χ0n) is 11.5. The van der Waals surface area contributed by atoms with Crippen LogP contribution in [-0.4, -0.2) is 27.7 Å². The van der Waals surface area contributed by atoms with Crippen LogP contribution in [0.5, 0.6) is 0 Å². The number of nitrogens with zero attached hydrogens (tertiary/aromatic N) is 3. The molecule has 0 aliphatic heterocycles. The number of H-pyrrole nitrogens is 1. The van der Waals surface area contributed by atoms with Crippen molar-refractivity contribution in [2.75, 3.05) is 0 Å². The van der Waals surface area contributed by atoms with E-state index in [9.17, 15) is 18.0 Å². The summed E-state index contributed by atoms with van der Waals surface area (Å²) >= 11 is 0. The lowest BCUT2D eigenvalue weighted by atomic mass is 10.3. The summed E-state index contributed by atoms with van der Waals surface area (Å²) in [7, 11) is -4.20. The van der Waals surface area contributed by atoms with Gasteiger partial charge in [-0.2, -0.15) is 5.10 Å². The van der Waals surface area contributed by atoms with Crippen LogP contribution in [-0.2, 0) is 23.1 Å². The van der Waals surface area contributed by atoms with Crippen molar-refractivity contribution in [1.29, 1.82) is 0 Å². The standard InChI is InChI=1S/C11H15N5O4S/c1-3-16-8(4-7(2)14-16)5-15-6-9(21(12,19)20)10(17)13-11(15)18/h4,6H,3,5H2,1-2H3,(H2,12,19,20)(H,13,17,18). The average molecular weight is 313 g/mol. The highest BCUT2D eigenvalue weighted by molar-refractivity contribution is 7.89. The van der Waals surface area contributed by atoms with Gasteiger partial charge in [-0.1, -0.05) is 0 Å². The molecule has 3 N–H and O–H groups in total. The van der Waals surface area contributed by atoms with Crippen LogP contribution in [0.1, 0.15) is 18.3 Å². The molecule has 0 saturated heterocycles. The molecule has 2 heterocycles. The summed E-state index contributed by atoms with van der Waals surface area (Å²) in [6.07, 6.45) is 0.943. The minimum absolute atomic E-state index is 0.0762. The molecule has 0 atom stereocenters. The molecule has 21 heavy (non-hydrogen) atoms. The highest BCUT2D eigenvalue weighted by Crippen LogP contribution is 2.06. The smallest absolute Gasteiger partial charge is 0.293 e. The average Bonchev–Trinajstić information content (AvgIpc) is 2.71. The predicted octanol–water partition coefficient (Wildman–Crippen LogP) is -1.24. The van der Waals surface area contributed by atoms with E-state index in [1.807, 2.05) is 11.9 Å². The normalized spacial score (nSPS) is 11.8. The summed E-state index contributed by atoms with van der Waals surface area (Å²) in [6.45, 7) is 4.37. The van der Waals surface area contributed by atoms with E-state index in [0.29, 0.717) is 12.2 Å². The van der Waals surface area contributed by atoms with Gasteiger partial charge in [0, 0.05) is 12.7 Å². The van der Waals surface area contributed by atoms with Crippen LogP contribution in [0.2, 0.25) is 0 Å². The third-order valence-corrected chi connectivity index (χ3v) is 3.81. The molecule has 10 heteroatoms. The number of aromatic amines is 1. The molecule has 9 nitrogen and oxygen atoms in total. The molecule has 0 aliphatic rings. The van der Waals surface area contributed by atoms with Crippen molar-refractivity contribution in [2.24, 2.45) is 5.14 Å². The Balaban J connectivity index is 2.55. The summed E-state index contributed by atoms with van der Waals surface area (Å²) in [4.78, 5) is 24.5. The second kappa shape index (κ2) is 5.30. The van der Waals surface area contributed by atoms with Crippen molar-refractivity contribution < 1.29 is 8.42 Å². The van der Waals surface area contributed by atoms with Gasteiger partial charge in [0.2, 0.25) is 10.0 Å². The Morgan fingerprint density at radius 1 is 1.38 bits per heavy atom. The number of aromatic nitrogens is 4. The number of hydrogen-bond donors (Lipinski definition) is 2. The van der Waals surface area contributed by atoms with E-state index < -0.39 is 26.2 Å². The highest BCUT2D eigenvalue weighted by atomic mass is 32.2. The molecule has 0 unspecified atom stereocenters. The van der Waals surface area contributed by atoms with Crippen LogP contribution in [0.3, 0.4) is 0 Å². The van der Waals surface area contributed by atoms with E-state index in [-0.39, 0.29) is 6.54 Å². The zero-order chi connectivity index (χ0) is 15.8. The minimum atomic E-state index is -4.20. The van der Waals surface area contributed by atoms with Crippen molar-refractivity contribution in [3.05, 3.63) is 44.5 Å². The summed E-state index contributed by atoms with van der Waals surface area (Å²) in [6, 6.07) is 1.78. The van der Waals surface area contributed by atoms with E-state index in [2.05, 4.69) is 5.10 Å². The Hall–Kier alpha value is -2.20. The quantitative estimate of drug-likeness (QED) is 0.728. The van der Waals surface area contributed by atoms with Crippen molar-refractivity contribution in [2.45, 2.75) is 31.8 Å². The Morgan fingerprint density at radius 2 is 2.05 bits per heavy atom. The fourth-order valence-corrected chi connectivity index (χ4v) is 2.57. The van der Waals surface area contributed by atoms with Gasteiger partial charge in [-0.3, -0.25) is 19.0 Å². The summed E-state index contributed by atoms with van der Waals surface area (Å²) in [5.74, 6) is 0. The Morgan fingerprint density at radius 3 is 2.62 bits per heavy atom. The lowest BCUT2D eigenvalue weighted by Crippen LogP contribution is -2.35. The van der Waals surface area contributed by atoms with Crippen molar-refractivity contribution in [3.63, 3.8) is 0 Å². The summed E-state index contributed by atoms with van der Waals surface area (Å²) in [5, 5.41) is 9.18. The molecule has 0 amide bonds. The molecule has 2 rings (SSSR count). The van der Waals surface area contributed by atoms with Gasteiger partial charge in [-0.25, -0.2) is 18.4 Å². The molecule has 2 aromatic rings. The number of nitrogens with one attached hydrogen (secondary N) is 1. The Bertz CT molecular complexity index is 890. The molecular weight excluding hydrogens is 298 g/mol. The maximum Gasteiger partial charge on any atom is 0.328 e. The fraction of sp³-hybridized carbons (Fsp3) is 0.364. The molecular formula is C11H15N5O4S. The third kappa shape index (κ3) is 3.11. The van der Waals surface area contributed by atoms with Gasteiger partial charge in [0.1, 0.15) is 0 Å². The first-order valence-electron chi connectivity index (χ1n) is 6.12. The lowest BCUT2D eigenvalue weighted by molar-refractivity contribution is 0.574. The summed E-state index contributed by atoms with van der Waals surface area (Å²) in [5.41, 5.74) is -0.256. The first-order valence-corrected chi connectivity index (χ1v) is 7.67. The van der Waals surface area contributed by atoms with Gasteiger partial charge in [-0.05, 0) is 19.9 Å². The second-order valence-electron chi connectivity index (χ2n) is 4.52. The van der Waals surface area contributed by atoms with Gasteiger partial charge >= 0.3 is 5.69 Å². The van der Waals surface area contributed by atoms with Crippen molar-refractivity contribution in [3.8, 4) is 0 Å². The Kier molecular flexibility index (Phi) is 3.83. The van der Waals surface area contributed by atoms with Gasteiger partial charge in [-0.15, -0.1) is 0 Å². The van der Waals surface area contributed by atoms with Gasteiger partial charge in [0.05, 0.1) is 17.9 Å². The highest BCUT2D eigenvalue weighted by Gasteiger charge is 2.16. The molecule has 0 bridgehead atoms. The maximum absolute atomic E-state index is 11.8. The lowest BCUT2D eigenvalue weighted by Gasteiger charge is -2.08. The molecule has 0 aromatic carbocycles. The van der Waals surface area contributed by atoms with Gasteiger partial charge < -0.3 is 0 Å². The first kappa shape index (κ1) is 15.2. The van der Waals surface area contributed by atoms with Gasteiger partial charge in [0.15, 0.2) is 4.90 Å². The predicted molar refractivity (Wildman–Crippen MR) is 74.4 cm³/mol. The van der Waals surface area contributed by atoms with Crippen LogP contribution >= 0.6 is 0 Å². The van der Waals surface area contributed by atoms with E-state index in [1.165, 1.54) is 0 Å². The zero-order valence-corrected chi connectivity index (χ0v) is 12.3. The van der Waals surface area contributed by atoms with Crippen LogP contribution in [0, 0.1) is 6.92 Å². The number of primary sulfonamides is 1. The van der Waals surface area contributed by atoms with Crippen LogP contribution in [0.25, 0.3) is 0 Å². The van der Waals surface area contributed by atoms with Gasteiger partial charge in [0.25, 0.3) is 5.56 Å². The first-order chi connectivity index (χ1) is 9.72. The largest absolute Gasteiger partial charge is 0.328 e. The van der Waals surface area contributed by atoms with E-state index >= 15 is 0 Å². The fourth-order valence-electron chi connectivity index (χ4n) is 1.98. The van der Waals surface area contributed by atoms with Crippen LogP contribution in [0.15, 0.2) is 26.7 Å².